The minimum absolute atomic E-state index is 0.0948. The highest BCUT2D eigenvalue weighted by molar-refractivity contribution is 7.89. The van der Waals surface area contributed by atoms with E-state index in [0.717, 1.165) is 11.6 Å². The van der Waals surface area contributed by atoms with Crippen LogP contribution < -0.4 is 14.2 Å². The average molecular weight is 380 g/mol. The number of benzene rings is 2. The first-order valence-electron chi connectivity index (χ1n) is 7.30. The molecule has 1 N–H and O–H groups in total. The van der Waals surface area contributed by atoms with E-state index in [1.165, 1.54) is 18.2 Å². The molecule has 0 atom stereocenters. The normalized spacial score (nSPS) is 13.3. The van der Waals surface area contributed by atoms with Crippen molar-refractivity contribution in [1.29, 1.82) is 0 Å². The van der Waals surface area contributed by atoms with Crippen LogP contribution in [0.3, 0.4) is 0 Å². The molecular weight excluding hydrogens is 366 g/mol. The zero-order valence-corrected chi connectivity index (χ0v) is 14.5. The van der Waals surface area contributed by atoms with Gasteiger partial charge in [0.05, 0.1) is 4.90 Å². The number of fused-ring (bicyclic) bond motifs is 1. The summed E-state index contributed by atoms with van der Waals surface area (Å²) in [6.45, 7) is 0.273. The third kappa shape index (κ3) is 4.39. The van der Waals surface area contributed by atoms with Crippen LogP contribution in [0.15, 0.2) is 53.4 Å². The van der Waals surface area contributed by atoms with Gasteiger partial charge in [-0.2, -0.15) is 0 Å². The average Bonchev–Trinajstić information content (AvgIpc) is 3.06. The van der Waals surface area contributed by atoms with Crippen molar-refractivity contribution < 1.29 is 22.7 Å². The summed E-state index contributed by atoms with van der Waals surface area (Å²) in [6.07, 6.45) is 2.61. The Morgan fingerprint density at radius 1 is 1.16 bits per heavy atom. The van der Waals surface area contributed by atoms with Gasteiger partial charge in [-0.15, -0.1) is 0 Å². The zero-order chi connectivity index (χ0) is 17.9. The van der Waals surface area contributed by atoms with Gasteiger partial charge < -0.3 is 9.47 Å². The van der Waals surface area contributed by atoms with Crippen LogP contribution >= 0.6 is 11.6 Å². The minimum Gasteiger partial charge on any atom is -0.454 e. The molecule has 1 aliphatic heterocycles. The lowest BCUT2D eigenvalue weighted by molar-refractivity contribution is -0.107. The van der Waals surface area contributed by atoms with E-state index >= 15 is 0 Å². The number of rotatable bonds is 6. The highest BCUT2D eigenvalue weighted by Crippen LogP contribution is 2.32. The monoisotopic (exact) mass is 379 g/mol. The second-order valence-electron chi connectivity index (χ2n) is 5.22. The van der Waals surface area contributed by atoms with Gasteiger partial charge in [0.15, 0.2) is 11.5 Å². The number of hydrogen-bond acceptors (Lipinski definition) is 5. The van der Waals surface area contributed by atoms with Gasteiger partial charge in [-0.25, -0.2) is 13.1 Å². The molecular formula is C17H14ClNO5S. The van der Waals surface area contributed by atoms with E-state index in [9.17, 15) is 13.2 Å². The maximum absolute atomic E-state index is 12.4. The Hall–Kier alpha value is -2.35. The molecule has 0 aromatic heterocycles. The molecule has 25 heavy (non-hydrogen) atoms. The molecule has 130 valence electrons. The zero-order valence-electron chi connectivity index (χ0n) is 12.9. The van der Waals surface area contributed by atoms with Crippen LogP contribution in [-0.4, -0.2) is 20.5 Å². The fourth-order valence-electron chi connectivity index (χ4n) is 2.26. The van der Waals surface area contributed by atoms with Gasteiger partial charge in [0, 0.05) is 6.54 Å². The number of halogens is 1. The van der Waals surface area contributed by atoms with Gasteiger partial charge in [0.1, 0.15) is 0 Å². The van der Waals surface area contributed by atoms with Gasteiger partial charge in [0.2, 0.25) is 22.1 Å². The van der Waals surface area contributed by atoms with Gasteiger partial charge >= 0.3 is 0 Å². The third-order valence-electron chi connectivity index (χ3n) is 3.48. The third-order valence-corrected chi connectivity index (χ3v) is 5.00. The van der Waals surface area contributed by atoms with E-state index in [1.807, 2.05) is 0 Å². The molecule has 6 nitrogen and oxygen atoms in total. The molecule has 0 radical (unpaired) electrons. The smallest absolute Gasteiger partial charge is 0.245 e. The summed E-state index contributed by atoms with van der Waals surface area (Å²) in [5.74, 6) is 1.23. The molecule has 0 saturated heterocycles. The Morgan fingerprint density at radius 3 is 2.76 bits per heavy atom. The fraction of sp³-hybridized carbons (Fsp3) is 0.118. The summed E-state index contributed by atoms with van der Waals surface area (Å²) in [5, 5.41) is -0.630. The first kappa shape index (κ1) is 17.5. The van der Waals surface area contributed by atoms with Crippen LogP contribution in [0.2, 0.25) is 0 Å². The summed E-state index contributed by atoms with van der Waals surface area (Å²) in [5.41, 5.74) is 1.30. The van der Waals surface area contributed by atoms with Crippen molar-refractivity contribution in [2.24, 2.45) is 0 Å². The summed E-state index contributed by atoms with van der Waals surface area (Å²) < 4.78 is 37.9. The minimum atomic E-state index is -3.71. The molecule has 0 bridgehead atoms. The Morgan fingerprint density at radius 2 is 1.96 bits per heavy atom. The molecule has 3 rings (SSSR count). The van der Waals surface area contributed by atoms with E-state index in [4.69, 9.17) is 21.1 Å². The molecule has 2 aromatic rings. The maximum atomic E-state index is 12.4. The Balaban J connectivity index is 1.73. The Bertz CT molecular complexity index is 940. The van der Waals surface area contributed by atoms with Gasteiger partial charge in [-0.05, 0) is 53.1 Å². The molecule has 0 amide bonds. The summed E-state index contributed by atoms with van der Waals surface area (Å²) in [4.78, 5) is 10.9. The topological polar surface area (TPSA) is 81.7 Å². The molecule has 8 heteroatoms. The van der Waals surface area contributed by atoms with Crippen molar-refractivity contribution >= 4 is 32.9 Å². The van der Waals surface area contributed by atoms with Crippen LogP contribution in [0.25, 0.3) is 6.08 Å². The lowest BCUT2D eigenvalue weighted by Gasteiger charge is -2.08. The lowest BCUT2D eigenvalue weighted by atomic mass is 10.2. The highest BCUT2D eigenvalue weighted by atomic mass is 35.5. The van der Waals surface area contributed by atoms with Crippen molar-refractivity contribution in [3.63, 3.8) is 0 Å². The summed E-state index contributed by atoms with van der Waals surface area (Å²) >= 11 is 5.24. The second-order valence-corrected chi connectivity index (χ2v) is 7.36. The highest BCUT2D eigenvalue weighted by Gasteiger charge is 2.16. The van der Waals surface area contributed by atoms with E-state index < -0.39 is 15.3 Å². The molecule has 0 fully saturated rings. The molecule has 0 unspecified atom stereocenters. The van der Waals surface area contributed by atoms with Crippen LogP contribution in [-0.2, 0) is 21.4 Å². The number of nitrogens with one attached hydrogen (secondary N) is 1. The largest absolute Gasteiger partial charge is 0.454 e. The van der Waals surface area contributed by atoms with Crippen LogP contribution in [0.5, 0.6) is 11.5 Å². The van der Waals surface area contributed by atoms with E-state index in [2.05, 4.69) is 4.72 Å². The SMILES string of the molecule is O=C(Cl)C=Cc1cccc(S(=O)(=O)NCc2ccc3c(c2)OCO3)c1. The number of sulfonamides is 1. The molecule has 1 heterocycles. The van der Waals surface area contributed by atoms with Gasteiger partial charge in [0.25, 0.3) is 0 Å². The van der Waals surface area contributed by atoms with Crippen molar-refractivity contribution in [2.75, 3.05) is 6.79 Å². The lowest BCUT2D eigenvalue weighted by Crippen LogP contribution is -2.23. The predicted molar refractivity (Wildman–Crippen MR) is 92.9 cm³/mol. The maximum Gasteiger partial charge on any atom is 0.245 e. The van der Waals surface area contributed by atoms with Crippen molar-refractivity contribution in [2.45, 2.75) is 11.4 Å². The Labute approximate surface area is 150 Å². The molecule has 0 spiro atoms. The predicted octanol–water partition coefficient (Wildman–Crippen LogP) is 2.67. The number of carbonyl (C=O) groups excluding carboxylic acids is 1. The van der Waals surface area contributed by atoms with Crippen LogP contribution in [0.1, 0.15) is 11.1 Å². The molecule has 2 aromatic carbocycles. The van der Waals surface area contributed by atoms with Gasteiger partial charge in [-0.3, -0.25) is 4.79 Å². The first-order chi connectivity index (χ1) is 11.9. The van der Waals surface area contributed by atoms with Crippen molar-refractivity contribution in [1.82, 2.24) is 4.72 Å². The number of allylic oxidation sites excluding steroid dienone is 1. The van der Waals surface area contributed by atoms with Crippen molar-refractivity contribution in [3.8, 4) is 11.5 Å². The second kappa shape index (κ2) is 7.26. The molecule has 0 aliphatic carbocycles. The number of ether oxygens (including phenoxy) is 2. The molecule has 1 aliphatic rings. The van der Waals surface area contributed by atoms with E-state index in [0.29, 0.717) is 17.1 Å². The van der Waals surface area contributed by atoms with Crippen molar-refractivity contribution in [3.05, 3.63) is 59.7 Å². The fourth-order valence-corrected chi connectivity index (χ4v) is 3.40. The molecule has 0 saturated carbocycles. The number of carbonyl (C=O) groups is 1. The summed E-state index contributed by atoms with van der Waals surface area (Å²) in [7, 11) is -3.71. The summed E-state index contributed by atoms with van der Waals surface area (Å²) in [6, 6.07) is 11.4. The first-order valence-corrected chi connectivity index (χ1v) is 9.16. The van der Waals surface area contributed by atoms with E-state index in [1.54, 1.807) is 30.3 Å². The number of hydrogen-bond donors (Lipinski definition) is 1. The van der Waals surface area contributed by atoms with Crippen LogP contribution in [0, 0.1) is 0 Å². The quantitative estimate of drug-likeness (QED) is 0.616. The van der Waals surface area contributed by atoms with Gasteiger partial charge in [-0.1, -0.05) is 24.3 Å². The van der Waals surface area contributed by atoms with E-state index in [-0.39, 0.29) is 18.2 Å². The Kier molecular flexibility index (Phi) is 5.08. The van der Waals surface area contributed by atoms with Crippen LogP contribution in [0.4, 0.5) is 0 Å². The standard InChI is InChI=1S/C17H14ClNO5S/c18-17(20)7-5-12-2-1-3-14(8-12)25(21,22)19-10-13-4-6-15-16(9-13)24-11-23-15/h1-9,19H,10-11H2.